The van der Waals surface area contributed by atoms with Gasteiger partial charge in [0.15, 0.2) is 0 Å². The molecule has 1 aromatic carbocycles. The minimum Gasteiger partial charge on any atom is -0.481 e. The van der Waals surface area contributed by atoms with Crippen LogP contribution in [0, 0.1) is 17.8 Å². The second-order valence-electron chi connectivity index (χ2n) is 5.58. The summed E-state index contributed by atoms with van der Waals surface area (Å²) < 4.78 is 0. The predicted molar refractivity (Wildman–Crippen MR) is 74.5 cm³/mol. The summed E-state index contributed by atoms with van der Waals surface area (Å²) in [6.45, 7) is 6.44. The zero-order valence-electron chi connectivity index (χ0n) is 11.6. The average Bonchev–Trinajstić information content (AvgIpc) is 2.29. The van der Waals surface area contributed by atoms with Crippen molar-refractivity contribution < 1.29 is 9.90 Å². The van der Waals surface area contributed by atoms with Crippen molar-refractivity contribution in [2.45, 2.75) is 40.0 Å². The molecule has 0 saturated carbocycles. The van der Waals surface area contributed by atoms with Crippen molar-refractivity contribution in [1.29, 1.82) is 0 Å². The Hall–Kier alpha value is -1.31. The van der Waals surface area contributed by atoms with Gasteiger partial charge in [0.05, 0.1) is 0 Å². The molecule has 1 N–H and O–H groups in total. The van der Waals surface area contributed by atoms with Gasteiger partial charge in [-0.15, -0.1) is 0 Å². The van der Waals surface area contributed by atoms with Crippen molar-refractivity contribution in [1.82, 2.24) is 0 Å². The van der Waals surface area contributed by atoms with Gasteiger partial charge >= 0.3 is 5.97 Å². The molecule has 0 fully saturated rings. The van der Waals surface area contributed by atoms with E-state index in [4.69, 9.17) is 5.11 Å². The molecule has 0 spiro atoms. The summed E-state index contributed by atoms with van der Waals surface area (Å²) in [6.07, 6.45) is 2.44. The van der Waals surface area contributed by atoms with Gasteiger partial charge in [0, 0.05) is 6.42 Å². The Morgan fingerprint density at radius 2 is 1.72 bits per heavy atom. The Morgan fingerprint density at radius 1 is 1.11 bits per heavy atom. The number of carbonyl (C=O) groups is 1. The van der Waals surface area contributed by atoms with Crippen LogP contribution in [0.15, 0.2) is 30.3 Å². The zero-order chi connectivity index (χ0) is 13.5. The van der Waals surface area contributed by atoms with Crippen LogP contribution in [0.25, 0.3) is 0 Å². The highest BCUT2D eigenvalue weighted by molar-refractivity contribution is 5.66. The van der Waals surface area contributed by atoms with E-state index in [2.05, 4.69) is 38.1 Å². The highest BCUT2D eigenvalue weighted by Crippen LogP contribution is 2.24. The van der Waals surface area contributed by atoms with Crippen LogP contribution in [0.5, 0.6) is 0 Å². The second-order valence-corrected chi connectivity index (χ2v) is 5.58. The van der Waals surface area contributed by atoms with Crippen molar-refractivity contribution in [3.8, 4) is 0 Å². The first-order chi connectivity index (χ1) is 8.49. The fourth-order valence-corrected chi connectivity index (χ4v) is 2.44. The third-order valence-corrected chi connectivity index (χ3v) is 3.67. The highest BCUT2D eigenvalue weighted by Gasteiger charge is 2.18. The molecule has 0 aromatic heterocycles. The maximum Gasteiger partial charge on any atom is 0.303 e. The van der Waals surface area contributed by atoms with Gasteiger partial charge in [0.2, 0.25) is 0 Å². The van der Waals surface area contributed by atoms with Crippen LogP contribution in [0.1, 0.15) is 39.2 Å². The molecule has 0 saturated heterocycles. The largest absolute Gasteiger partial charge is 0.481 e. The van der Waals surface area contributed by atoms with E-state index in [-0.39, 0.29) is 12.3 Å². The lowest BCUT2D eigenvalue weighted by molar-refractivity contribution is -0.138. The van der Waals surface area contributed by atoms with Gasteiger partial charge in [-0.1, -0.05) is 51.1 Å². The first kappa shape index (κ1) is 14.7. The summed E-state index contributed by atoms with van der Waals surface area (Å²) in [5, 5.41) is 8.80. The Bertz CT molecular complexity index is 359. The van der Waals surface area contributed by atoms with E-state index < -0.39 is 5.97 Å². The maximum absolute atomic E-state index is 10.7. The summed E-state index contributed by atoms with van der Waals surface area (Å²) in [5.74, 6) is 0.615. The molecule has 2 nitrogen and oxygen atoms in total. The van der Waals surface area contributed by atoms with Crippen LogP contribution in [0.4, 0.5) is 0 Å². The minimum absolute atomic E-state index is 0.251. The number of rotatable bonds is 7. The molecule has 0 aliphatic heterocycles. The van der Waals surface area contributed by atoms with Crippen LogP contribution in [-0.2, 0) is 11.2 Å². The lowest BCUT2D eigenvalue weighted by Gasteiger charge is -2.22. The van der Waals surface area contributed by atoms with E-state index in [9.17, 15) is 4.79 Å². The van der Waals surface area contributed by atoms with Crippen LogP contribution < -0.4 is 0 Å². The Morgan fingerprint density at radius 3 is 2.28 bits per heavy atom. The third-order valence-electron chi connectivity index (χ3n) is 3.67. The van der Waals surface area contributed by atoms with Crippen LogP contribution >= 0.6 is 0 Å². The monoisotopic (exact) mass is 248 g/mol. The van der Waals surface area contributed by atoms with E-state index in [1.54, 1.807) is 0 Å². The molecule has 0 bridgehead atoms. The molecule has 0 heterocycles. The van der Waals surface area contributed by atoms with Gasteiger partial charge in [0.25, 0.3) is 0 Å². The minimum atomic E-state index is -0.690. The van der Waals surface area contributed by atoms with E-state index in [0.29, 0.717) is 11.8 Å². The van der Waals surface area contributed by atoms with Crippen molar-refractivity contribution in [2.24, 2.45) is 17.8 Å². The van der Waals surface area contributed by atoms with Gasteiger partial charge in [-0.2, -0.15) is 0 Å². The fraction of sp³-hybridized carbons (Fsp3) is 0.562. The van der Waals surface area contributed by atoms with Gasteiger partial charge in [-0.3, -0.25) is 4.79 Å². The molecular weight excluding hydrogens is 224 g/mol. The number of benzene rings is 1. The first-order valence-electron chi connectivity index (χ1n) is 6.74. The van der Waals surface area contributed by atoms with Gasteiger partial charge in [0.1, 0.15) is 0 Å². The molecule has 0 radical (unpaired) electrons. The molecular formula is C16H24O2. The highest BCUT2D eigenvalue weighted by atomic mass is 16.4. The standard InChI is InChI=1S/C16H24O2/c1-12(10-15-7-5-4-6-8-15)9-13(2)14(3)11-16(17)18/h4-8,12-14H,9-11H2,1-3H3,(H,17,18). The molecule has 0 aliphatic rings. The quantitative estimate of drug-likeness (QED) is 0.791. The van der Waals surface area contributed by atoms with Gasteiger partial charge < -0.3 is 5.11 Å². The SMILES string of the molecule is CC(Cc1ccccc1)CC(C)C(C)CC(=O)O. The molecule has 1 aromatic rings. The second kappa shape index (κ2) is 7.20. The number of carboxylic acids is 1. The van der Waals surface area contributed by atoms with E-state index >= 15 is 0 Å². The number of aliphatic carboxylic acids is 1. The summed E-state index contributed by atoms with van der Waals surface area (Å²) in [4.78, 5) is 10.7. The fourth-order valence-electron chi connectivity index (χ4n) is 2.44. The van der Waals surface area contributed by atoms with E-state index in [1.807, 2.05) is 13.0 Å². The Kier molecular flexibility index (Phi) is 5.90. The van der Waals surface area contributed by atoms with Crippen molar-refractivity contribution in [3.63, 3.8) is 0 Å². The smallest absolute Gasteiger partial charge is 0.303 e. The normalized spacial score (nSPS) is 15.9. The summed E-state index contributed by atoms with van der Waals surface area (Å²) >= 11 is 0. The molecule has 2 heteroatoms. The lowest BCUT2D eigenvalue weighted by Crippen LogP contribution is -2.16. The topological polar surface area (TPSA) is 37.3 Å². The molecule has 3 atom stereocenters. The molecule has 18 heavy (non-hydrogen) atoms. The van der Waals surface area contributed by atoms with Crippen molar-refractivity contribution in [3.05, 3.63) is 35.9 Å². The molecule has 100 valence electrons. The predicted octanol–water partition coefficient (Wildman–Crippen LogP) is 4.00. The van der Waals surface area contributed by atoms with E-state index in [0.717, 1.165) is 12.8 Å². The van der Waals surface area contributed by atoms with Crippen molar-refractivity contribution in [2.75, 3.05) is 0 Å². The van der Waals surface area contributed by atoms with Crippen LogP contribution in [0.2, 0.25) is 0 Å². The van der Waals surface area contributed by atoms with Gasteiger partial charge in [-0.05, 0) is 36.2 Å². The molecule has 0 amide bonds. The maximum atomic E-state index is 10.7. The number of carboxylic acid groups (broad SMARTS) is 1. The van der Waals surface area contributed by atoms with E-state index in [1.165, 1.54) is 5.56 Å². The molecule has 0 aliphatic carbocycles. The van der Waals surface area contributed by atoms with Crippen LogP contribution in [0.3, 0.4) is 0 Å². The first-order valence-corrected chi connectivity index (χ1v) is 6.74. The lowest BCUT2D eigenvalue weighted by atomic mass is 9.83. The average molecular weight is 248 g/mol. The Balaban J connectivity index is 2.40. The third kappa shape index (κ3) is 5.35. The summed E-state index contributed by atoms with van der Waals surface area (Å²) in [6, 6.07) is 10.5. The van der Waals surface area contributed by atoms with Crippen LogP contribution in [-0.4, -0.2) is 11.1 Å². The number of hydrogen-bond donors (Lipinski definition) is 1. The van der Waals surface area contributed by atoms with Crippen molar-refractivity contribution >= 4 is 5.97 Å². The molecule has 3 unspecified atom stereocenters. The zero-order valence-corrected chi connectivity index (χ0v) is 11.6. The number of hydrogen-bond acceptors (Lipinski definition) is 1. The Labute approximate surface area is 110 Å². The van der Waals surface area contributed by atoms with Gasteiger partial charge in [-0.25, -0.2) is 0 Å². The summed E-state index contributed by atoms with van der Waals surface area (Å²) in [5.41, 5.74) is 1.36. The summed E-state index contributed by atoms with van der Waals surface area (Å²) in [7, 11) is 0. The molecule has 1 rings (SSSR count).